The van der Waals surface area contributed by atoms with Gasteiger partial charge in [-0.3, -0.25) is 9.69 Å². The van der Waals surface area contributed by atoms with Crippen molar-refractivity contribution in [2.24, 2.45) is 0 Å². The number of hydrogen-bond donors (Lipinski definition) is 1. The molecule has 0 saturated carbocycles. The van der Waals surface area contributed by atoms with Crippen LogP contribution in [0.2, 0.25) is 0 Å². The van der Waals surface area contributed by atoms with Crippen molar-refractivity contribution in [1.82, 2.24) is 9.80 Å². The van der Waals surface area contributed by atoms with Crippen LogP contribution in [-0.4, -0.2) is 64.3 Å². The minimum absolute atomic E-state index is 0.345. The highest BCUT2D eigenvalue weighted by Crippen LogP contribution is 2.32. The average molecular weight is 298 g/mol. The lowest BCUT2D eigenvalue weighted by atomic mass is 9.86. The predicted molar refractivity (Wildman–Crippen MR) is 78.2 cm³/mol. The summed E-state index contributed by atoms with van der Waals surface area (Å²) >= 11 is 0. The van der Waals surface area contributed by atoms with Crippen molar-refractivity contribution in [2.75, 3.05) is 26.2 Å². The number of rotatable bonds is 2. The standard InChI is InChI=1S/C15H26N2O4/c1-14(2,3)21-13(20)16-10-6-15(7-11-16,12(18)19)17-8-4-5-9-17/h4-11H2,1-3H3,(H,18,19). The summed E-state index contributed by atoms with van der Waals surface area (Å²) in [5.74, 6) is -0.756. The lowest BCUT2D eigenvalue weighted by Crippen LogP contribution is -2.60. The van der Waals surface area contributed by atoms with Crippen LogP contribution in [-0.2, 0) is 9.53 Å². The molecule has 21 heavy (non-hydrogen) atoms. The molecule has 0 aromatic heterocycles. The lowest BCUT2D eigenvalue weighted by molar-refractivity contribution is -0.154. The van der Waals surface area contributed by atoms with Crippen LogP contribution in [0.1, 0.15) is 46.5 Å². The fraction of sp³-hybridized carbons (Fsp3) is 0.867. The van der Waals surface area contributed by atoms with Crippen LogP contribution in [0.5, 0.6) is 0 Å². The van der Waals surface area contributed by atoms with Gasteiger partial charge in [0, 0.05) is 13.1 Å². The third kappa shape index (κ3) is 3.48. The molecule has 0 aromatic carbocycles. The normalized spacial score (nSPS) is 23.1. The van der Waals surface area contributed by atoms with Crippen molar-refractivity contribution >= 4 is 12.1 Å². The molecule has 1 amide bonds. The molecular weight excluding hydrogens is 272 g/mol. The first-order valence-corrected chi connectivity index (χ1v) is 7.71. The fourth-order valence-electron chi connectivity index (χ4n) is 3.20. The average Bonchev–Trinajstić information content (AvgIpc) is 2.90. The number of piperidine rings is 1. The van der Waals surface area contributed by atoms with Gasteiger partial charge in [-0.25, -0.2) is 4.79 Å². The molecule has 2 heterocycles. The first kappa shape index (κ1) is 16.1. The van der Waals surface area contributed by atoms with Gasteiger partial charge in [-0.05, 0) is 59.5 Å². The Labute approximate surface area is 126 Å². The topological polar surface area (TPSA) is 70.1 Å². The van der Waals surface area contributed by atoms with E-state index in [-0.39, 0.29) is 6.09 Å². The van der Waals surface area contributed by atoms with Crippen LogP contribution in [0.3, 0.4) is 0 Å². The summed E-state index contributed by atoms with van der Waals surface area (Å²) in [4.78, 5) is 27.6. The molecule has 2 rings (SSSR count). The van der Waals surface area contributed by atoms with Crippen molar-refractivity contribution < 1.29 is 19.4 Å². The zero-order chi connectivity index (χ0) is 15.7. The maximum Gasteiger partial charge on any atom is 0.410 e. The number of hydrogen-bond acceptors (Lipinski definition) is 4. The molecule has 0 aliphatic carbocycles. The highest BCUT2D eigenvalue weighted by atomic mass is 16.6. The third-order valence-corrected chi connectivity index (χ3v) is 4.35. The third-order valence-electron chi connectivity index (χ3n) is 4.35. The molecule has 0 spiro atoms. The van der Waals surface area contributed by atoms with Crippen molar-refractivity contribution in [3.8, 4) is 0 Å². The molecule has 1 N–H and O–H groups in total. The number of ether oxygens (including phenoxy) is 1. The van der Waals surface area contributed by atoms with Gasteiger partial charge >= 0.3 is 12.1 Å². The molecule has 6 nitrogen and oxygen atoms in total. The summed E-state index contributed by atoms with van der Waals surface area (Å²) in [5, 5.41) is 9.68. The maximum absolute atomic E-state index is 12.1. The Balaban J connectivity index is 2.00. The number of likely N-dealkylation sites (tertiary alicyclic amines) is 2. The molecule has 0 aromatic rings. The van der Waals surface area contributed by atoms with E-state index in [9.17, 15) is 14.7 Å². The number of amides is 1. The second-order valence-electron chi connectivity index (χ2n) is 7.00. The maximum atomic E-state index is 12.1. The first-order chi connectivity index (χ1) is 9.74. The van der Waals surface area contributed by atoms with Gasteiger partial charge in [0.25, 0.3) is 0 Å². The number of carbonyl (C=O) groups excluding carboxylic acids is 1. The van der Waals surface area contributed by atoms with Gasteiger partial charge in [-0.2, -0.15) is 0 Å². The minimum Gasteiger partial charge on any atom is -0.480 e. The van der Waals surface area contributed by atoms with E-state index in [1.54, 1.807) is 4.90 Å². The highest BCUT2D eigenvalue weighted by Gasteiger charge is 2.48. The smallest absolute Gasteiger partial charge is 0.410 e. The van der Waals surface area contributed by atoms with Crippen molar-refractivity contribution in [2.45, 2.75) is 57.6 Å². The molecule has 6 heteroatoms. The fourth-order valence-corrected chi connectivity index (χ4v) is 3.20. The number of carboxylic acids is 1. The molecule has 0 atom stereocenters. The van der Waals surface area contributed by atoms with Crippen molar-refractivity contribution in [3.05, 3.63) is 0 Å². The van der Waals surface area contributed by atoms with Crippen LogP contribution in [0.4, 0.5) is 4.79 Å². The summed E-state index contributed by atoms with van der Waals surface area (Å²) in [7, 11) is 0. The second kappa shape index (κ2) is 5.83. The summed E-state index contributed by atoms with van der Waals surface area (Å²) in [5.41, 5.74) is -1.32. The lowest BCUT2D eigenvalue weighted by Gasteiger charge is -2.44. The molecule has 0 bridgehead atoms. The second-order valence-corrected chi connectivity index (χ2v) is 7.00. The first-order valence-electron chi connectivity index (χ1n) is 7.71. The Bertz CT molecular complexity index is 402. The van der Waals surface area contributed by atoms with Crippen LogP contribution in [0, 0.1) is 0 Å². The molecule has 2 aliphatic rings. The van der Waals surface area contributed by atoms with Gasteiger partial charge in [0.2, 0.25) is 0 Å². The van der Waals surface area contributed by atoms with Gasteiger partial charge in [0.05, 0.1) is 0 Å². The van der Waals surface area contributed by atoms with E-state index in [0.29, 0.717) is 25.9 Å². The van der Waals surface area contributed by atoms with E-state index in [4.69, 9.17) is 4.74 Å². The zero-order valence-electron chi connectivity index (χ0n) is 13.2. The zero-order valence-corrected chi connectivity index (χ0v) is 13.2. The molecule has 2 saturated heterocycles. The Hall–Kier alpha value is -1.30. The van der Waals surface area contributed by atoms with Gasteiger partial charge in [0.1, 0.15) is 11.1 Å². The quantitative estimate of drug-likeness (QED) is 0.843. The summed E-state index contributed by atoms with van der Waals surface area (Å²) in [6, 6.07) is 0. The van der Waals surface area contributed by atoms with Crippen LogP contribution >= 0.6 is 0 Å². The SMILES string of the molecule is CC(C)(C)OC(=O)N1CCC(C(=O)O)(N2CCCC2)CC1. The number of carboxylic acid groups (broad SMARTS) is 1. The number of carbonyl (C=O) groups is 2. The van der Waals surface area contributed by atoms with Crippen LogP contribution in [0.15, 0.2) is 0 Å². The minimum atomic E-state index is -0.797. The molecule has 2 aliphatic heterocycles. The molecule has 0 unspecified atom stereocenters. The Morgan fingerprint density at radius 3 is 2.00 bits per heavy atom. The van der Waals surface area contributed by atoms with E-state index in [0.717, 1.165) is 25.9 Å². The molecule has 0 radical (unpaired) electrons. The van der Waals surface area contributed by atoms with Gasteiger partial charge in [-0.1, -0.05) is 0 Å². The van der Waals surface area contributed by atoms with E-state index in [2.05, 4.69) is 4.90 Å². The molecular formula is C15H26N2O4. The Kier molecular flexibility index (Phi) is 4.46. The Morgan fingerprint density at radius 1 is 1.05 bits per heavy atom. The van der Waals surface area contributed by atoms with E-state index in [1.165, 1.54) is 0 Å². The predicted octanol–water partition coefficient (Wildman–Crippen LogP) is 1.94. The van der Waals surface area contributed by atoms with Gasteiger partial charge in [0.15, 0.2) is 0 Å². The van der Waals surface area contributed by atoms with Crippen LogP contribution < -0.4 is 0 Å². The van der Waals surface area contributed by atoms with Crippen LogP contribution in [0.25, 0.3) is 0 Å². The van der Waals surface area contributed by atoms with Gasteiger partial charge < -0.3 is 14.7 Å². The van der Waals surface area contributed by atoms with E-state index < -0.39 is 17.1 Å². The number of nitrogens with zero attached hydrogens (tertiary/aromatic N) is 2. The molecule has 120 valence electrons. The van der Waals surface area contributed by atoms with Crippen molar-refractivity contribution in [1.29, 1.82) is 0 Å². The highest BCUT2D eigenvalue weighted by molar-refractivity contribution is 5.79. The largest absolute Gasteiger partial charge is 0.480 e. The molecule has 2 fully saturated rings. The summed E-state index contributed by atoms with van der Waals surface area (Å²) in [6.45, 7) is 8.08. The van der Waals surface area contributed by atoms with Crippen molar-refractivity contribution in [3.63, 3.8) is 0 Å². The van der Waals surface area contributed by atoms with Gasteiger partial charge in [-0.15, -0.1) is 0 Å². The summed E-state index contributed by atoms with van der Waals surface area (Å²) in [6.07, 6.45) is 2.72. The monoisotopic (exact) mass is 298 g/mol. The number of aliphatic carboxylic acids is 1. The van der Waals surface area contributed by atoms with E-state index >= 15 is 0 Å². The summed E-state index contributed by atoms with van der Waals surface area (Å²) < 4.78 is 5.36. The van der Waals surface area contributed by atoms with E-state index in [1.807, 2.05) is 20.8 Å². The Morgan fingerprint density at radius 2 is 1.57 bits per heavy atom.